The van der Waals surface area contributed by atoms with Gasteiger partial charge in [-0.2, -0.15) is 0 Å². The fraction of sp³-hybridized carbons (Fsp3) is 0.875. The zero-order valence-electron chi connectivity index (χ0n) is 7.16. The van der Waals surface area contributed by atoms with E-state index in [2.05, 4.69) is 4.74 Å². The van der Waals surface area contributed by atoms with Crippen molar-refractivity contribution in [2.75, 3.05) is 12.9 Å². The molecule has 0 aromatic rings. The fourth-order valence-electron chi connectivity index (χ4n) is 1.33. The van der Waals surface area contributed by atoms with Crippen molar-refractivity contribution in [3.63, 3.8) is 0 Å². The molecular weight excluding hydrogens is 176 g/mol. The zero-order chi connectivity index (χ0) is 8.97. The van der Waals surface area contributed by atoms with Crippen molar-refractivity contribution in [3.8, 4) is 0 Å². The minimum absolute atomic E-state index is 0.209. The second-order valence-electron chi connectivity index (χ2n) is 2.92. The summed E-state index contributed by atoms with van der Waals surface area (Å²) in [5, 5.41) is 9.64. The van der Waals surface area contributed by atoms with Gasteiger partial charge < -0.3 is 9.84 Å². The van der Waals surface area contributed by atoms with Gasteiger partial charge in [-0.05, 0) is 19.3 Å². The Labute approximate surface area is 76.5 Å². The Bertz CT molecular complexity index is 160. The van der Waals surface area contributed by atoms with E-state index in [-0.39, 0.29) is 17.3 Å². The second kappa shape index (κ2) is 4.72. The van der Waals surface area contributed by atoms with Gasteiger partial charge in [0.05, 0.1) is 19.0 Å². The number of esters is 1. The summed E-state index contributed by atoms with van der Waals surface area (Å²) in [5.41, 5.74) is 0. The van der Waals surface area contributed by atoms with Gasteiger partial charge in [-0.1, -0.05) is 0 Å². The van der Waals surface area contributed by atoms with Gasteiger partial charge in [-0.25, -0.2) is 0 Å². The molecule has 2 atom stereocenters. The highest BCUT2D eigenvalue weighted by molar-refractivity contribution is 8.00. The van der Waals surface area contributed by atoms with Crippen LogP contribution in [0.1, 0.15) is 19.3 Å². The van der Waals surface area contributed by atoms with Crippen molar-refractivity contribution in [1.29, 1.82) is 0 Å². The Morgan fingerprint density at radius 1 is 1.67 bits per heavy atom. The van der Waals surface area contributed by atoms with Gasteiger partial charge in [0.2, 0.25) is 0 Å². The quantitative estimate of drug-likeness (QED) is 0.669. The molecule has 0 bridgehead atoms. The van der Waals surface area contributed by atoms with Crippen molar-refractivity contribution < 1.29 is 14.6 Å². The summed E-state index contributed by atoms with van der Waals surface area (Å²) in [6, 6.07) is 0. The van der Waals surface area contributed by atoms with Crippen LogP contribution < -0.4 is 0 Å². The molecule has 1 rings (SSSR count). The third-order valence-electron chi connectivity index (χ3n) is 2.06. The van der Waals surface area contributed by atoms with E-state index in [1.807, 2.05) is 0 Å². The summed E-state index contributed by atoms with van der Waals surface area (Å²) in [7, 11) is 1.38. The molecule has 0 amide bonds. The lowest BCUT2D eigenvalue weighted by molar-refractivity contribution is -0.137. The molecule has 12 heavy (non-hydrogen) atoms. The van der Waals surface area contributed by atoms with Gasteiger partial charge in [0.15, 0.2) is 0 Å². The van der Waals surface area contributed by atoms with Crippen LogP contribution in [-0.4, -0.2) is 35.3 Å². The maximum absolute atomic E-state index is 10.8. The van der Waals surface area contributed by atoms with Crippen LogP contribution in [-0.2, 0) is 9.53 Å². The molecule has 3 nitrogen and oxygen atoms in total. The topological polar surface area (TPSA) is 46.5 Å². The molecule has 1 fully saturated rings. The molecule has 1 aliphatic rings. The lowest BCUT2D eigenvalue weighted by Gasteiger charge is -2.12. The molecule has 4 heteroatoms. The predicted octanol–water partition coefficient (Wildman–Crippen LogP) is 0.806. The lowest BCUT2D eigenvalue weighted by atomic mass is 10.3. The van der Waals surface area contributed by atoms with E-state index in [1.54, 1.807) is 0 Å². The first kappa shape index (κ1) is 9.86. The molecule has 2 unspecified atom stereocenters. The third kappa shape index (κ3) is 2.68. The number of hydrogen-bond acceptors (Lipinski definition) is 4. The molecule has 0 aromatic heterocycles. The van der Waals surface area contributed by atoms with Crippen molar-refractivity contribution in [2.45, 2.75) is 30.6 Å². The number of hydrogen-bond donors (Lipinski definition) is 1. The molecule has 0 saturated heterocycles. The summed E-state index contributed by atoms with van der Waals surface area (Å²) < 4.78 is 4.50. The van der Waals surface area contributed by atoms with Crippen LogP contribution in [0.25, 0.3) is 0 Å². The minimum atomic E-state index is -0.223. The van der Waals surface area contributed by atoms with Crippen LogP contribution in [0, 0.1) is 0 Å². The Morgan fingerprint density at radius 3 is 2.92 bits per heavy atom. The highest BCUT2D eigenvalue weighted by atomic mass is 32.2. The van der Waals surface area contributed by atoms with Crippen LogP contribution in [0.5, 0.6) is 0 Å². The normalized spacial score (nSPS) is 28.8. The van der Waals surface area contributed by atoms with Gasteiger partial charge in [-0.15, -0.1) is 11.8 Å². The number of thioether (sulfide) groups is 1. The van der Waals surface area contributed by atoms with E-state index < -0.39 is 0 Å². The average Bonchev–Trinajstić information content (AvgIpc) is 2.47. The van der Waals surface area contributed by atoms with E-state index in [9.17, 15) is 9.90 Å². The summed E-state index contributed by atoms with van der Waals surface area (Å²) in [4.78, 5) is 10.8. The van der Waals surface area contributed by atoms with Crippen molar-refractivity contribution in [1.82, 2.24) is 0 Å². The number of ether oxygens (including phenoxy) is 1. The second-order valence-corrected chi connectivity index (χ2v) is 4.15. The standard InChI is InChI=1S/C8H14O3S/c1-11-8(10)5-12-7-4-2-3-6(7)9/h6-7,9H,2-5H2,1H3. The molecule has 0 spiro atoms. The Morgan fingerprint density at radius 2 is 2.42 bits per heavy atom. The SMILES string of the molecule is COC(=O)CSC1CCCC1O. The zero-order valence-corrected chi connectivity index (χ0v) is 7.97. The number of aliphatic hydroxyl groups is 1. The van der Waals surface area contributed by atoms with E-state index in [1.165, 1.54) is 18.9 Å². The molecular formula is C8H14O3S. The van der Waals surface area contributed by atoms with E-state index in [0.29, 0.717) is 5.75 Å². The highest BCUT2D eigenvalue weighted by Gasteiger charge is 2.25. The molecule has 70 valence electrons. The van der Waals surface area contributed by atoms with Crippen molar-refractivity contribution >= 4 is 17.7 Å². The first-order valence-corrected chi connectivity index (χ1v) is 5.15. The van der Waals surface area contributed by atoms with E-state index in [0.717, 1.165) is 19.3 Å². The fourth-order valence-corrected chi connectivity index (χ4v) is 2.49. The highest BCUT2D eigenvalue weighted by Crippen LogP contribution is 2.29. The smallest absolute Gasteiger partial charge is 0.315 e. The van der Waals surface area contributed by atoms with Gasteiger partial charge >= 0.3 is 5.97 Å². The number of aliphatic hydroxyl groups excluding tert-OH is 1. The molecule has 1 aliphatic carbocycles. The Hall–Kier alpha value is -0.220. The molecule has 1 N–H and O–H groups in total. The van der Waals surface area contributed by atoms with Crippen LogP contribution in [0.3, 0.4) is 0 Å². The van der Waals surface area contributed by atoms with Crippen LogP contribution in [0.15, 0.2) is 0 Å². The van der Waals surface area contributed by atoms with Gasteiger partial charge in [0.25, 0.3) is 0 Å². The van der Waals surface area contributed by atoms with Crippen molar-refractivity contribution in [2.24, 2.45) is 0 Å². The summed E-state index contributed by atoms with van der Waals surface area (Å²) in [5.74, 6) is 0.150. The number of carbonyl (C=O) groups is 1. The summed E-state index contributed by atoms with van der Waals surface area (Å²) >= 11 is 1.50. The van der Waals surface area contributed by atoms with E-state index >= 15 is 0 Å². The van der Waals surface area contributed by atoms with Crippen LogP contribution in [0.2, 0.25) is 0 Å². The Kier molecular flexibility index (Phi) is 3.88. The molecule has 1 saturated carbocycles. The monoisotopic (exact) mass is 190 g/mol. The van der Waals surface area contributed by atoms with Crippen LogP contribution in [0.4, 0.5) is 0 Å². The lowest BCUT2D eigenvalue weighted by Crippen LogP contribution is -2.17. The van der Waals surface area contributed by atoms with Crippen molar-refractivity contribution in [3.05, 3.63) is 0 Å². The maximum atomic E-state index is 10.8. The van der Waals surface area contributed by atoms with Gasteiger partial charge in [0.1, 0.15) is 0 Å². The van der Waals surface area contributed by atoms with Gasteiger partial charge in [0, 0.05) is 5.25 Å². The van der Waals surface area contributed by atoms with Crippen LogP contribution >= 0.6 is 11.8 Å². The summed E-state index contributed by atoms with van der Waals surface area (Å²) in [6.07, 6.45) is 2.74. The first-order valence-electron chi connectivity index (χ1n) is 4.10. The predicted molar refractivity (Wildman–Crippen MR) is 48.1 cm³/mol. The van der Waals surface area contributed by atoms with E-state index in [4.69, 9.17) is 0 Å². The molecule has 0 aromatic carbocycles. The third-order valence-corrected chi connectivity index (χ3v) is 3.44. The number of carbonyl (C=O) groups excluding carboxylic acids is 1. The maximum Gasteiger partial charge on any atom is 0.315 e. The molecule has 0 heterocycles. The van der Waals surface area contributed by atoms with Gasteiger partial charge in [-0.3, -0.25) is 4.79 Å². The molecule has 0 radical (unpaired) electrons. The number of methoxy groups -OCH3 is 1. The molecule has 0 aliphatic heterocycles. The Balaban J connectivity index is 2.18. The first-order chi connectivity index (χ1) is 5.74. The summed E-state index contributed by atoms with van der Waals surface area (Å²) in [6.45, 7) is 0. The average molecular weight is 190 g/mol. The minimum Gasteiger partial charge on any atom is -0.468 e. The largest absolute Gasteiger partial charge is 0.468 e. The number of rotatable bonds is 3.